The Morgan fingerprint density at radius 3 is 2.24 bits per heavy atom. The van der Waals surface area contributed by atoms with Gasteiger partial charge in [0.1, 0.15) is 6.04 Å². The number of piperidine rings is 1. The van der Waals surface area contributed by atoms with Gasteiger partial charge in [-0.3, -0.25) is 9.59 Å². The molecule has 0 aromatic heterocycles. The third-order valence-corrected chi connectivity index (χ3v) is 7.44. The van der Waals surface area contributed by atoms with Gasteiger partial charge in [0.15, 0.2) is 0 Å². The number of carbonyl (C=O) groups is 2. The molecule has 0 unspecified atom stereocenters. The van der Waals surface area contributed by atoms with Gasteiger partial charge in [0, 0.05) is 29.9 Å². The molecule has 1 fully saturated rings. The van der Waals surface area contributed by atoms with E-state index in [4.69, 9.17) is 11.6 Å². The van der Waals surface area contributed by atoms with Crippen LogP contribution in [0.4, 0.5) is 0 Å². The molecule has 2 amide bonds. The summed E-state index contributed by atoms with van der Waals surface area (Å²) in [5.41, 5.74) is 0.250. The Morgan fingerprint density at radius 1 is 1.06 bits per heavy atom. The largest absolute Gasteiger partial charge is 0.384 e. The standard InChI is InChI=1S/C28H37ClN2O3/c1-19(2)25(30-24(32)17-20(3)21-9-7-6-8-10-21)26(33)31-16-15-28(34,27(4,5)18-31)22-11-13-23(29)14-12-22/h6-14,19-20,25,34H,15-18H2,1-5H3,(H,30,32)/t20-,25+,28-/m0/s1. The summed E-state index contributed by atoms with van der Waals surface area (Å²) in [4.78, 5) is 28.1. The fourth-order valence-electron chi connectivity index (χ4n) is 4.89. The predicted molar refractivity (Wildman–Crippen MR) is 137 cm³/mol. The summed E-state index contributed by atoms with van der Waals surface area (Å²) in [6, 6.07) is 16.6. The Kier molecular flexibility index (Phi) is 8.10. The van der Waals surface area contributed by atoms with E-state index in [-0.39, 0.29) is 23.7 Å². The summed E-state index contributed by atoms with van der Waals surface area (Å²) in [6.45, 7) is 10.7. The van der Waals surface area contributed by atoms with E-state index >= 15 is 0 Å². The van der Waals surface area contributed by atoms with Crippen molar-refractivity contribution in [1.82, 2.24) is 10.2 Å². The highest BCUT2D eigenvalue weighted by Gasteiger charge is 2.50. The lowest BCUT2D eigenvalue weighted by atomic mass is 9.66. The molecule has 0 radical (unpaired) electrons. The predicted octanol–water partition coefficient (Wildman–Crippen LogP) is 5.12. The van der Waals surface area contributed by atoms with Crippen LogP contribution in [-0.4, -0.2) is 41.0 Å². The molecule has 1 saturated heterocycles. The first kappa shape index (κ1) is 26.2. The van der Waals surface area contributed by atoms with Gasteiger partial charge in [0.05, 0.1) is 5.60 Å². The number of rotatable bonds is 7. The molecule has 0 saturated carbocycles. The number of nitrogens with one attached hydrogen (secondary N) is 1. The summed E-state index contributed by atoms with van der Waals surface area (Å²) in [5, 5.41) is 15.2. The molecule has 1 heterocycles. The Morgan fingerprint density at radius 2 is 1.68 bits per heavy atom. The van der Waals surface area contributed by atoms with Gasteiger partial charge < -0.3 is 15.3 Å². The van der Waals surface area contributed by atoms with Crippen molar-refractivity contribution in [3.63, 3.8) is 0 Å². The highest BCUT2D eigenvalue weighted by atomic mass is 35.5. The Labute approximate surface area is 208 Å². The molecule has 3 atom stereocenters. The van der Waals surface area contributed by atoms with Gasteiger partial charge in [0.2, 0.25) is 11.8 Å². The van der Waals surface area contributed by atoms with Crippen molar-refractivity contribution in [2.45, 2.75) is 65.0 Å². The molecule has 5 nitrogen and oxygen atoms in total. The van der Waals surface area contributed by atoms with Gasteiger partial charge in [-0.15, -0.1) is 0 Å². The molecule has 2 N–H and O–H groups in total. The van der Waals surface area contributed by atoms with E-state index in [1.54, 1.807) is 17.0 Å². The number of hydrogen-bond acceptors (Lipinski definition) is 3. The number of nitrogens with zero attached hydrogens (tertiary/aromatic N) is 1. The Hall–Kier alpha value is -2.37. The fourth-order valence-corrected chi connectivity index (χ4v) is 5.02. The van der Waals surface area contributed by atoms with Gasteiger partial charge >= 0.3 is 0 Å². The van der Waals surface area contributed by atoms with Crippen molar-refractivity contribution in [3.05, 3.63) is 70.7 Å². The first-order valence-electron chi connectivity index (χ1n) is 12.1. The van der Waals surface area contributed by atoms with E-state index in [0.717, 1.165) is 11.1 Å². The van der Waals surface area contributed by atoms with E-state index in [2.05, 4.69) is 5.32 Å². The molecule has 0 aliphatic carbocycles. The van der Waals surface area contributed by atoms with Gasteiger partial charge in [-0.05, 0) is 41.5 Å². The zero-order valence-electron chi connectivity index (χ0n) is 20.8. The molecule has 3 rings (SSSR count). The van der Waals surface area contributed by atoms with Crippen LogP contribution in [-0.2, 0) is 15.2 Å². The van der Waals surface area contributed by atoms with Crippen LogP contribution in [0.5, 0.6) is 0 Å². The van der Waals surface area contributed by atoms with Gasteiger partial charge in [-0.1, -0.05) is 88.7 Å². The minimum Gasteiger partial charge on any atom is -0.384 e. The van der Waals surface area contributed by atoms with Crippen LogP contribution in [0, 0.1) is 11.3 Å². The van der Waals surface area contributed by atoms with Crippen LogP contribution in [0.25, 0.3) is 0 Å². The van der Waals surface area contributed by atoms with E-state index in [1.165, 1.54) is 0 Å². The van der Waals surface area contributed by atoms with Crippen molar-refractivity contribution in [3.8, 4) is 0 Å². The maximum Gasteiger partial charge on any atom is 0.245 e. The molecular formula is C28H37ClN2O3. The van der Waals surface area contributed by atoms with Crippen LogP contribution < -0.4 is 5.32 Å². The number of hydrogen-bond donors (Lipinski definition) is 2. The first-order chi connectivity index (χ1) is 15.9. The molecule has 0 spiro atoms. The van der Waals surface area contributed by atoms with E-state index in [9.17, 15) is 14.7 Å². The second kappa shape index (κ2) is 10.5. The third kappa shape index (κ3) is 5.64. The van der Waals surface area contributed by atoms with E-state index in [0.29, 0.717) is 31.0 Å². The number of aliphatic hydroxyl groups is 1. The molecule has 1 aliphatic heterocycles. The Bertz CT molecular complexity index is 990. The topological polar surface area (TPSA) is 69.6 Å². The SMILES string of the molecule is CC(C)[C@@H](NC(=O)C[C@H](C)c1ccccc1)C(=O)N1CC[C@](O)(c2ccc(Cl)cc2)C(C)(C)C1. The fraction of sp³-hybridized carbons (Fsp3) is 0.500. The molecule has 0 bridgehead atoms. The number of likely N-dealkylation sites (tertiary alicyclic amines) is 1. The lowest BCUT2D eigenvalue weighted by molar-refractivity contribution is -0.156. The smallest absolute Gasteiger partial charge is 0.245 e. The minimum atomic E-state index is -1.07. The minimum absolute atomic E-state index is 0.0522. The number of carbonyl (C=O) groups excluding carboxylic acids is 2. The summed E-state index contributed by atoms with van der Waals surface area (Å²) in [6.07, 6.45) is 0.736. The first-order valence-corrected chi connectivity index (χ1v) is 12.4. The molecule has 2 aromatic rings. The van der Waals surface area contributed by atoms with E-state index in [1.807, 2.05) is 77.1 Å². The van der Waals surface area contributed by atoms with Crippen LogP contribution in [0.15, 0.2) is 54.6 Å². The van der Waals surface area contributed by atoms with Gasteiger partial charge in [0.25, 0.3) is 0 Å². The molecule has 184 valence electrons. The highest BCUT2D eigenvalue weighted by molar-refractivity contribution is 6.30. The summed E-state index contributed by atoms with van der Waals surface area (Å²) < 4.78 is 0. The third-order valence-electron chi connectivity index (χ3n) is 7.19. The van der Waals surface area contributed by atoms with Crippen molar-refractivity contribution >= 4 is 23.4 Å². The molecule has 6 heteroatoms. The highest BCUT2D eigenvalue weighted by Crippen LogP contribution is 2.46. The summed E-state index contributed by atoms with van der Waals surface area (Å²) in [7, 11) is 0. The maximum absolute atomic E-state index is 13.5. The van der Waals surface area contributed by atoms with Crippen LogP contribution in [0.3, 0.4) is 0 Å². The van der Waals surface area contributed by atoms with Gasteiger partial charge in [-0.2, -0.15) is 0 Å². The molecule has 2 aromatic carbocycles. The number of benzene rings is 2. The van der Waals surface area contributed by atoms with Crippen LogP contribution in [0.1, 0.15) is 64.5 Å². The Balaban J connectivity index is 1.69. The summed E-state index contributed by atoms with van der Waals surface area (Å²) >= 11 is 6.03. The normalized spacial score (nSPS) is 21.7. The lowest BCUT2D eigenvalue weighted by Gasteiger charge is -2.51. The zero-order valence-corrected chi connectivity index (χ0v) is 21.6. The number of amides is 2. The molecular weight excluding hydrogens is 448 g/mol. The van der Waals surface area contributed by atoms with E-state index < -0.39 is 17.1 Å². The molecule has 34 heavy (non-hydrogen) atoms. The van der Waals surface area contributed by atoms with Crippen LogP contribution in [0.2, 0.25) is 5.02 Å². The van der Waals surface area contributed by atoms with Crippen molar-refractivity contribution < 1.29 is 14.7 Å². The van der Waals surface area contributed by atoms with Crippen LogP contribution >= 0.6 is 11.6 Å². The maximum atomic E-state index is 13.5. The second-order valence-corrected chi connectivity index (χ2v) is 11.0. The molecule has 1 aliphatic rings. The summed E-state index contributed by atoms with van der Waals surface area (Å²) in [5.74, 6) is -0.213. The van der Waals surface area contributed by atoms with Gasteiger partial charge in [-0.25, -0.2) is 0 Å². The quantitative estimate of drug-likeness (QED) is 0.573. The average molecular weight is 485 g/mol. The van der Waals surface area contributed by atoms with Crippen molar-refractivity contribution in [1.29, 1.82) is 0 Å². The van der Waals surface area contributed by atoms with Crippen molar-refractivity contribution in [2.24, 2.45) is 11.3 Å². The lowest BCUT2D eigenvalue weighted by Crippen LogP contribution is -2.60. The monoisotopic (exact) mass is 484 g/mol. The zero-order chi connectivity index (χ0) is 25.1. The number of halogens is 1. The average Bonchev–Trinajstić information content (AvgIpc) is 2.79. The van der Waals surface area contributed by atoms with Crippen molar-refractivity contribution in [2.75, 3.05) is 13.1 Å². The second-order valence-electron chi connectivity index (χ2n) is 10.6.